The van der Waals surface area contributed by atoms with Gasteiger partial charge in [0.15, 0.2) is 16.6 Å². The Labute approximate surface area is 165 Å². The summed E-state index contributed by atoms with van der Waals surface area (Å²) in [5.41, 5.74) is 1.89. The average Bonchev–Trinajstić information content (AvgIpc) is 3.48. The minimum Gasteiger partial charge on any atom is -0.493 e. The molecule has 1 aliphatic rings. The van der Waals surface area contributed by atoms with Gasteiger partial charge in [-0.2, -0.15) is 0 Å². The van der Waals surface area contributed by atoms with E-state index in [9.17, 15) is 9.59 Å². The molecule has 1 heterocycles. The van der Waals surface area contributed by atoms with Gasteiger partial charge >= 0.3 is 0 Å². The summed E-state index contributed by atoms with van der Waals surface area (Å²) in [4.78, 5) is 28.7. The first kappa shape index (κ1) is 18.2. The predicted molar refractivity (Wildman–Crippen MR) is 108 cm³/mol. The number of hydrogen-bond donors (Lipinski definition) is 2. The zero-order valence-electron chi connectivity index (χ0n) is 15.4. The van der Waals surface area contributed by atoms with Crippen molar-refractivity contribution in [2.75, 3.05) is 24.9 Å². The van der Waals surface area contributed by atoms with Crippen LogP contribution in [0, 0.1) is 5.92 Å². The normalized spacial score (nSPS) is 13.2. The minimum absolute atomic E-state index is 0.0394. The van der Waals surface area contributed by atoms with Gasteiger partial charge in [0.2, 0.25) is 5.91 Å². The second kappa shape index (κ2) is 7.47. The molecule has 0 unspecified atom stereocenters. The molecule has 0 spiro atoms. The number of thiazole rings is 1. The number of carbonyl (C=O) groups is 2. The lowest BCUT2D eigenvalue weighted by Crippen LogP contribution is -2.14. The molecule has 144 valence electrons. The molecular formula is C20H19N3O4S. The van der Waals surface area contributed by atoms with Crippen molar-refractivity contribution in [3.63, 3.8) is 0 Å². The molecule has 2 amide bonds. The maximum Gasteiger partial charge on any atom is 0.257 e. The minimum atomic E-state index is -0.266. The molecule has 2 N–H and O–H groups in total. The van der Waals surface area contributed by atoms with Crippen LogP contribution in [0.2, 0.25) is 0 Å². The van der Waals surface area contributed by atoms with Gasteiger partial charge in [0.25, 0.3) is 5.91 Å². The number of amides is 2. The number of nitrogens with one attached hydrogen (secondary N) is 2. The van der Waals surface area contributed by atoms with E-state index >= 15 is 0 Å². The highest BCUT2D eigenvalue weighted by molar-refractivity contribution is 7.22. The lowest BCUT2D eigenvalue weighted by molar-refractivity contribution is -0.117. The van der Waals surface area contributed by atoms with Crippen LogP contribution in [0.3, 0.4) is 0 Å². The topological polar surface area (TPSA) is 89.5 Å². The maximum atomic E-state index is 12.5. The van der Waals surface area contributed by atoms with Crippen LogP contribution in [0.5, 0.6) is 11.5 Å². The highest BCUT2D eigenvalue weighted by Gasteiger charge is 2.29. The predicted octanol–water partition coefficient (Wildman–Crippen LogP) is 3.91. The quantitative estimate of drug-likeness (QED) is 0.658. The molecule has 0 bridgehead atoms. The van der Waals surface area contributed by atoms with Crippen LogP contribution in [-0.2, 0) is 4.79 Å². The first-order chi connectivity index (χ1) is 13.6. The van der Waals surface area contributed by atoms with Gasteiger partial charge in [0.05, 0.1) is 24.4 Å². The highest BCUT2D eigenvalue weighted by Crippen LogP contribution is 2.36. The molecule has 28 heavy (non-hydrogen) atoms. The van der Waals surface area contributed by atoms with Crippen LogP contribution < -0.4 is 20.1 Å². The summed E-state index contributed by atoms with van der Waals surface area (Å²) >= 11 is 1.36. The Balaban J connectivity index is 1.47. The van der Waals surface area contributed by atoms with Gasteiger partial charge in [0.1, 0.15) is 0 Å². The van der Waals surface area contributed by atoms with Crippen LogP contribution in [0.25, 0.3) is 10.2 Å². The molecule has 3 aromatic rings. The van der Waals surface area contributed by atoms with Gasteiger partial charge in [-0.15, -0.1) is 0 Å². The molecule has 8 heteroatoms. The number of fused-ring (bicyclic) bond motifs is 1. The van der Waals surface area contributed by atoms with Crippen LogP contribution in [-0.4, -0.2) is 31.0 Å². The van der Waals surface area contributed by atoms with Crippen LogP contribution in [0.1, 0.15) is 23.2 Å². The summed E-state index contributed by atoms with van der Waals surface area (Å²) in [5, 5.41) is 6.15. The monoisotopic (exact) mass is 397 g/mol. The fourth-order valence-electron chi connectivity index (χ4n) is 2.77. The van der Waals surface area contributed by atoms with Crippen molar-refractivity contribution in [3.8, 4) is 11.5 Å². The largest absolute Gasteiger partial charge is 0.493 e. The Bertz CT molecular complexity index is 1000. The molecule has 0 radical (unpaired) electrons. The molecule has 2 aromatic carbocycles. The summed E-state index contributed by atoms with van der Waals surface area (Å²) in [7, 11) is 3.14. The summed E-state index contributed by atoms with van der Waals surface area (Å²) in [5.74, 6) is 1.11. The zero-order valence-corrected chi connectivity index (χ0v) is 16.3. The van der Waals surface area contributed by atoms with E-state index in [0.29, 0.717) is 27.9 Å². The molecule has 1 aliphatic carbocycles. The second-order valence-electron chi connectivity index (χ2n) is 6.49. The average molecular weight is 397 g/mol. The van der Waals surface area contributed by atoms with Crippen molar-refractivity contribution >= 4 is 44.2 Å². The molecule has 0 aliphatic heterocycles. The van der Waals surface area contributed by atoms with E-state index < -0.39 is 0 Å². The Hall–Kier alpha value is -3.13. The second-order valence-corrected chi connectivity index (χ2v) is 7.52. The van der Waals surface area contributed by atoms with Crippen molar-refractivity contribution in [1.82, 2.24) is 4.98 Å². The summed E-state index contributed by atoms with van der Waals surface area (Å²) < 4.78 is 11.5. The standard InChI is InChI=1S/C20H19N3O4S/c1-26-15-9-14-17(10-16(15)27-2)28-20(22-14)23-19(25)12-5-7-13(8-6-12)21-18(24)11-3-4-11/h5-11H,3-4H2,1-2H3,(H,21,24)(H,22,23,25). The Kier molecular flexibility index (Phi) is 4.87. The highest BCUT2D eigenvalue weighted by atomic mass is 32.1. The van der Waals surface area contributed by atoms with Gasteiger partial charge in [-0.05, 0) is 37.1 Å². The molecule has 4 rings (SSSR count). The van der Waals surface area contributed by atoms with Crippen molar-refractivity contribution in [2.45, 2.75) is 12.8 Å². The van der Waals surface area contributed by atoms with E-state index in [4.69, 9.17) is 9.47 Å². The number of aromatic nitrogens is 1. The lowest BCUT2D eigenvalue weighted by atomic mass is 10.2. The molecule has 0 atom stereocenters. The molecule has 1 saturated carbocycles. The number of ether oxygens (including phenoxy) is 2. The van der Waals surface area contributed by atoms with Crippen molar-refractivity contribution in [2.24, 2.45) is 5.92 Å². The SMILES string of the molecule is COc1cc2nc(NC(=O)c3ccc(NC(=O)C4CC4)cc3)sc2cc1OC. The smallest absolute Gasteiger partial charge is 0.257 e. The van der Waals surface area contributed by atoms with Crippen LogP contribution in [0.15, 0.2) is 36.4 Å². The number of hydrogen-bond acceptors (Lipinski definition) is 6. The van der Waals surface area contributed by atoms with Gasteiger partial charge in [0, 0.05) is 29.3 Å². The third kappa shape index (κ3) is 3.77. The summed E-state index contributed by atoms with van der Waals surface area (Å²) in [6.07, 6.45) is 1.90. The first-order valence-electron chi connectivity index (χ1n) is 8.82. The van der Waals surface area contributed by atoms with Crippen LogP contribution >= 0.6 is 11.3 Å². The Morgan fingerprint density at radius 3 is 2.36 bits per heavy atom. The van der Waals surface area contributed by atoms with E-state index in [2.05, 4.69) is 15.6 Å². The summed E-state index contributed by atoms with van der Waals surface area (Å²) in [6.45, 7) is 0. The van der Waals surface area contributed by atoms with E-state index in [1.54, 1.807) is 44.6 Å². The van der Waals surface area contributed by atoms with Gasteiger partial charge < -0.3 is 14.8 Å². The fraction of sp³-hybridized carbons (Fsp3) is 0.250. The molecule has 7 nitrogen and oxygen atoms in total. The number of anilines is 2. The Morgan fingerprint density at radius 1 is 1.04 bits per heavy atom. The van der Waals surface area contributed by atoms with E-state index in [0.717, 1.165) is 23.1 Å². The van der Waals surface area contributed by atoms with Crippen molar-refractivity contribution < 1.29 is 19.1 Å². The van der Waals surface area contributed by atoms with E-state index in [1.807, 2.05) is 6.07 Å². The number of rotatable bonds is 6. The Morgan fingerprint density at radius 2 is 1.71 bits per heavy atom. The molecule has 0 saturated heterocycles. The van der Waals surface area contributed by atoms with Crippen molar-refractivity contribution in [3.05, 3.63) is 42.0 Å². The van der Waals surface area contributed by atoms with E-state index in [1.165, 1.54) is 11.3 Å². The van der Waals surface area contributed by atoms with Crippen LogP contribution in [0.4, 0.5) is 10.8 Å². The third-order valence-corrected chi connectivity index (χ3v) is 5.41. The number of methoxy groups -OCH3 is 2. The molecule has 1 aromatic heterocycles. The number of nitrogens with zero attached hydrogens (tertiary/aromatic N) is 1. The number of benzene rings is 2. The number of carbonyl (C=O) groups excluding carboxylic acids is 2. The van der Waals surface area contributed by atoms with Gasteiger partial charge in [-0.3, -0.25) is 14.9 Å². The van der Waals surface area contributed by atoms with Gasteiger partial charge in [-0.25, -0.2) is 4.98 Å². The zero-order chi connectivity index (χ0) is 19.7. The molecule has 1 fully saturated rings. The third-order valence-electron chi connectivity index (χ3n) is 4.48. The van der Waals surface area contributed by atoms with E-state index in [-0.39, 0.29) is 17.7 Å². The maximum absolute atomic E-state index is 12.5. The molecular weight excluding hydrogens is 378 g/mol. The lowest BCUT2D eigenvalue weighted by Gasteiger charge is -2.06. The first-order valence-corrected chi connectivity index (χ1v) is 9.64. The van der Waals surface area contributed by atoms with Crippen molar-refractivity contribution in [1.29, 1.82) is 0 Å². The summed E-state index contributed by atoms with van der Waals surface area (Å²) in [6, 6.07) is 10.4. The van der Waals surface area contributed by atoms with Gasteiger partial charge in [-0.1, -0.05) is 11.3 Å². The fourth-order valence-corrected chi connectivity index (χ4v) is 3.64.